The van der Waals surface area contributed by atoms with Crippen LogP contribution in [-0.2, 0) is 13.0 Å². The number of aromatic nitrogens is 1. The van der Waals surface area contributed by atoms with E-state index in [-0.39, 0.29) is 0 Å². The molecule has 1 saturated heterocycles. The largest absolute Gasteiger partial charge is 0.497 e. The van der Waals surface area contributed by atoms with Crippen molar-refractivity contribution in [1.29, 1.82) is 5.26 Å². The van der Waals surface area contributed by atoms with E-state index in [1.54, 1.807) is 13.3 Å². The molecule has 0 saturated carbocycles. The molecular formula is C31H39N4O3+. The molecule has 1 N–H and O–H groups in total. The molecule has 4 unspecified atom stereocenters. The van der Waals surface area contributed by atoms with E-state index >= 15 is 0 Å². The Labute approximate surface area is 225 Å². The van der Waals surface area contributed by atoms with Gasteiger partial charge in [-0.25, -0.2) is 0 Å². The highest BCUT2D eigenvalue weighted by Gasteiger charge is 2.37. The average Bonchev–Trinajstić information content (AvgIpc) is 3.04. The highest BCUT2D eigenvalue weighted by atomic mass is 16.6. The molecule has 200 valence electrons. The Kier molecular flexibility index (Phi) is 7.73. The molecule has 0 amide bonds. The fourth-order valence-corrected chi connectivity index (χ4v) is 6.24. The molecule has 1 aromatic heterocycles. The number of nitrogens with one attached hydrogen (secondary N) is 1. The van der Waals surface area contributed by atoms with Gasteiger partial charge in [0, 0.05) is 42.9 Å². The molecule has 0 aliphatic carbocycles. The number of ether oxygens (including phenoxy) is 3. The first kappa shape index (κ1) is 26.3. The van der Waals surface area contributed by atoms with Gasteiger partial charge in [0.25, 0.3) is 0 Å². The quantitative estimate of drug-likeness (QED) is 0.453. The van der Waals surface area contributed by atoms with E-state index in [4.69, 9.17) is 14.2 Å². The molecule has 2 aromatic carbocycles. The van der Waals surface area contributed by atoms with Crippen molar-refractivity contribution < 1.29 is 18.7 Å². The van der Waals surface area contributed by atoms with Crippen LogP contribution in [0.2, 0.25) is 0 Å². The van der Waals surface area contributed by atoms with Gasteiger partial charge >= 0.3 is 0 Å². The van der Waals surface area contributed by atoms with Crippen molar-refractivity contribution in [2.75, 3.05) is 40.5 Å². The van der Waals surface area contributed by atoms with Crippen molar-refractivity contribution >= 4 is 10.9 Å². The molecular weight excluding hydrogens is 476 g/mol. The summed E-state index contributed by atoms with van der Waals surface area (Å²) >= 11 is 0. The molecule has 7 heteroatoms. The number of likely N-dealkylation sites (tertiary alicyclic amines) is 1. The van der Waals surface area contributed by atoms with Gasteiger partial charge in [-0.15, -0.1) is 0 Å². The summed E-state index contributed by atoms with van der Waals surface area (Å²) in [5.74, 6) is 3.07. The first-order valence-electron chi connectivity index (χ1n) is 13.7. The number of hydrogen-bond acceptors (Lipinski definition) is 6. The van der Waals surface area contributed by atoms with E-state index in [1.165, 1.54) is 5.56 Å². The molecule has 2 aliphatic heterocycles. The van der Waals surface area contributed by atoms with Crippen molar-refractivity contribution in [3.63, 3.8) is 0 Å². The molecule has 3 aromatic rings. The number of rotatable bonds is 7. The third-order valence-corrected chi connectivity index (χ3v) is 8.49. The number of likely N-dealkylation sites (N-methyl/N-ethyl adjacent to an activating group) is 1. The minimum Gasteiger partial charge on any atom is -0.497 e. The van der Waals surface area contributed by atoms with Gasteiger partial charge in [-0.3, -0.25) is 4.98 Å². The lowest BCUT2D eigenvalue weighted by Gasteiger charge is -2.40. The summed E-state index contributed by atoms with van der Waals surface area (Å²) in [5.41, 5.74) is 3.86. The van der Waals surface area contributed by atoms with Gasteiger partial charge in [-0.2, -0.15) is 5.26 Å². The Bertz CT molecular complexity index is 1340. The van der Waals surface area contributed by atoms with Crippen LogP contribution in [0.3, 0.4) is 0 Å². The Balaban J connectivity index is 1.28. The molecule has 7 nitrogen and oxygen atoms in total. The zero-order chi connectivity index (χ0) is 26.7. The van der Waals surface area contributed by atoms with Crippen LogP contribution in [0, 0.1) is 17.2 Å². The van der Waals surface area contributed by atoms with Crippen LogP contribution in [-0.4, -0.2) is 62.0 Å². The van der Waals surface area contributed by atoms with E-state index in [1.807, 2.05) is 24.3 Å². The number of fused-ring (bicyclic) bond motifs is 2. The fraction of sp³-hybridized carbons (Fsp3) is 0.484. The smallest absolute Gasteiger partial charge is 0.161 e. The van der Waals surface area contributed by atoms with E-state index in [2.05, 4.69) is 49.4 Å². The summed E-state index contributed by atoms with van der Waals surface area (Å²) in [6, 6.07) is 15.5. The lowest BCUT2D eigenvalue weighted by Crippen LogP contribution is -2.53. The number of pyridine rings is 1. The van der Waals surface area contributed by atoms with Crippen LogP contribution >= 0.6 is 0 Å². The first-order chi connectivity index (χ1) is 18.4. The number of quaternary nitrogens is 1. The van der Waals surface area contributed by atoms with Crippen LogP contribution in [0.1, 0.15) is 43.4 Å². The summed E-state index contributed by atoms with van der Waals surface area (Å²) in [6.07, 6.45) is 4.82. The second-order valence-electron chi connectivity index (χ2n) is 11.3. The second kappa shape index (κ2) is 11.2. The van der Waals surface area contributed by atoms with Gasteiger partial charge in [-0.1, -0.05) is 13.0 Å². The Morgan fingerprint density at radius 1 is 1.11 bits per heavy atom. The zero-order valence-corrected chi connectivity index (χ0v) is 23.0. The van der Waals surface area contributed by atoms with Gasteiger partial charge in [0.15, 0.2) is 11.5 Å². The fourth-order valence-electron chi connectivity index (χ4n) is 6.24. The van der Waals surface area contributed by atoms with E-state index in [0.717, 1.165) is 77.1 Å². The highest BCUT2D eigenvalue weighted by Crippen LogP contribution is 2.32. The number of nitriles is 1. The summed E-state index contributed by atoms with van der Waals surface area (Å²) < 4.78 is 17.9. The lowest BCUT2D eigenvalue weighted by molar-refractivity contribution is -0.933. The minimum absolute atomic E-state index is 0.453. The molecule has 0 spiro atoms. The van der Waals surface area contributed by atoms with E-state index < -0.39 is 0 Å². The molecule has 2 aliphatic rings. The predicted molar refractivity (Wildman–Crippen MR) is 149 cm³/mol. The van der Waals surface area contributed by atoms with Gasteiger partial charge < -0.3 is 24.0 Å². The maximum Gasteiger partial charge on any atom is 0.161 e. The van der Waals surface area contributed by atoms with Crippen molar-refractivity contribution in [1.82, 2.24) is 10.3 Å². The standard InChI is InChI=1S/C31H39N4O3/c1-21-13-25(33-18-23-5-8-30-31(15-23)38-12-11-37-30)14-22(2)35(3,20-21)10-9-27-24(17-32)19-34-29-7-6-26(36-4)16-28(27)29/h5-8,15-16,19,21-22,25,33H,9-14,18,20H2,1-4H3/q+1. The van der Waals surface area contributed by atoms with Crippen molar-refractivity contribution in [2.24, 2.45) is 5.92 Å². The number of benzene rings is 2. The second-order valence-corrected chi connectivity index (χ2v) is 11.3. The number of methoxy groups -OCH3 is 1. The monoisotopic (exact) mass is 515 g/mol. The number of hydrogen-bond donors (Lipinski definition) is 1. The zero-order valence-electron chi connectivity index (χ0n) is 23.0. The molecule has 1 fully saturated rings. The molecule has 38 heavy (non-hydrogen) atoms. The summed E-state index contributed by atoms with van der Waals surface area (Å²) in [4.78, 5) is 4.52. The topological polar surface area (TPSA) is 76.4 Å². The first-order valence-corrected chi connectivity index (χ1v) is 13.7. The van der Waals surface area contributed by atoms with Crippen molar-refractivity contribution in [3.8, 4) is 23.3 Å². The average molecular weight is 516 g/mol. The summed E-state index contributed by atoms with van der Waals surface area (Å²) in [6.45, 7) is 8.90. The third-order valence-electron chi connectivity index (χ3n) is 8.49. The molecule has 0 radical (unpaired) electrons. The van der Waals surface area contributed by atoms with Gasteiger partial charge in [0.1, 0.15) is 25.0 Å². The molecule has 3 heterocycles. The molecule has 0 bridgehead atoms. The third kappa shape index (κ3) is 5.57. The maximum atomic E-state index is 9.85. The minimum atomic E-state index is 0.453. The lowest BCUT2D eigenvalue weighted by atomic mass is 9.99. The molecule has 4 atom stereocenters. The van der Waals surface area contributed by atoms with E-state index in [0.29, 0.717) is 36.8 Å². The van der Waals surface area contributed by atoms with Gasteiger partial charge in [0.2, 0.25) is 0 Å². The van der Waals surface area contributed by atoms with Crippen LogP contribution in [0.4, 0.5) is 0 Å². The predicted octanol–water partition coefficient (Wildman–Crippen LogP) is 4.85. The van der Waals surface area contributed by atoms with Gasteiger partial charge in [-0.05, 0) is 54.8 Å². The van der Waals surface area contributed by atoms with Gasteiger partial charge in [0.05, 0.1) is 44.4 Å². The number of nitrogens with zero attached hydrogens (tertiary/aromatic N) is 3. The Morgan fingerprint density at radius 2 is 1.92 bits per heavy atom. The van der Waals surface area contributed by atoms with Crippen LogP contribution in [0.15, 0.2) is 42.6 Å². The van der Waals surface area contributed by atoms with Crippen LogP contribution in [0.5, 0.6) is 17.2 Å². The Hall–Kier alpha value is -3.34. The highest BCUT2D eigenvalue weighted by molar-refractivity contribution is 5.85. The van der Waals surface area contributed by atoms with Crippen molar-refractivity contribution in [2.45, 2.75) is 51.7 Å². The summed E-state index contributed by atoms with van der Waals surface area (Å²) in [7, 11) is 4.06. The normalized spacial score (nSPS) is 25.0. The van der Waals surface area contributed by atoms with Crippen LogP contribution in [0.25, 0.3) is 10.9 Å². The molecule has 5 rings (SSSR count). The van der Waals surface area contributed by atoms with Crippen molar-refractivity contribution in [3.05, 3.63) is 59.3 Å². The SMILES string of the molecule is COc1ccc2ncc(C#N)c(CC[N+]3(C)CC(C)CC(NCc4ccc5c(c4)OCCO5)CC3C)c2c1. The Morgan fingerprint density at radius 3 is 2.71 bits per heavy atom. The maximum absolute atomic E-state index is 9.85. The van der Waals surface area contributed by atoms with Crippen LogP contribution < -0.4 is 19.5 Å². The summed E-state index contributed by atoms with van der Waals surface area (Å²) in [5, 5.41) is 14.7. The van der Waals surface area contributed by atoms with E-state index in [9.17, 15) is 5.26 Å².